The van der Waals surface area contributed by atoms with Gasteiger partial charge in [-0.2, -0.15) is 0 Å². The van der Waals surface area contributed by atoms with Crippen molar-refractivity contribution in [2.75, 3.05) is 19.6 Å². The third-order valence-electron chi connectivity index (χ3n) is 3.73. The summed E-state index contributed by atoms with van der Waals surface area (Å²) in [7, 11) is 0. The molecule has 0 spiro atoms. The van der Waals surface area contributed by atoms with Gasteiger partial charge in [-0.25, -0.2) is 0 Å². The number of piperidine rings is 1. The van der Waals surface area contributed by atoms with Gasteiger partial charge < -0.3 is 10.0 Å². The summed E-state index contributed by atoms with van der Waals surface area (Å²) >= 11 is 0. The Kier molecular flexibility index (Phi) is 2.77. The second-order valence-corrected chi connectivity index (χ2v) is 4.83. The zero-order chi connectivity index (χ0) is 10.1. The van der Waals surface area contributed by atoms with E-state index in [1.807, 2.05) is 0 Å². The van der Waals surface area contributed by atoms with Crippen LogP contribution in [0.15, 0.2) is 0 Å². The number of fused-ring (bicyclic) bond motifs is 2. The lowest BCUT2D eigenvalue weighted by Gasteiger charge is -2.43. The molecule has 2 bridgehead atoms. The van der Waals surface area contributed by atoms with Crippen LogP contribution in [-0.4, -0.2) is 35.6 Å². The minimum Gasteiger partial charge on any atom is -0.481 e. The molecule has 1 heterocycles. The summed E-state index contributed by atoms with van der Waals surface area (Å²) in [6.45, 7) is 5.55. The van der Waals surface area contributed by atoms with Crippen LogP contribution in [0.1, 0.15) is 26.2 Å². The smallest absolute Gasteiger partial charge is 0.306 e. The van der Waals surface area contributed by atoms with E-state index in [0.29, 0.717) is 11.8 Å². The maximum Gasteiger partial charge on any atom is 0.306 e. The summed E-state index contributed by atoms with van der Waals surface area (Å²) in [5.41, 5.74) is 0. The SMILES string of the molecule is CCN1CC2CC(CC(C(=O)O)C2)C1. The molecule has 1 aliphatic heterocycles. The Morgan fingerprint density at radius 2 is 1.86 bits per heavy atom. The minimum absolute atomic E-state index is 0.0576. The molecule has 0 amide bonds. The lowest BCUT2D eigenvalue weighted by Crippen LogP contribution is -2.45. The van der Waals surface area contributed by atoms with E-state index in [-0.39, 0.29) is 5.92 Å². The van der Waals surface area contributed by atoms with Gasteiger partial charge in [-0.15, -0.1) is 0 Å². The number of hydrogen-bond donors (Lipinski definition) is 1. The van der Waals surface area contributed by atoms with Gasteiger partial charge in [0, 0.05) is 13.1 Å². The standard InChI is InChI=1S/C11H19NO2/c1-2-12-6-8-3-9(7-12)5-10(4-8)11(13)14/h8-10H,2-7H2,1H3,(H,13,14). The summed E-state index contributed by atoms with van der Waals surface area (Å²) in [6, 6.07) is 0. The highest BCUT2D eigenvalue weighted by Gasteiger charge is 2.37. The van der Waals surface area contributed by atoms with Gasteiger partial charge in [0.15, 0.2) is 0 Å². The Labute approximate surface area is 85.1 Å². The van der Waals surface area contributed by atoms with Crippen LogP contribution in [0.2, 0.25) is 0 Å². The zero-order valence-corrected chi connectivity index (χ0v) is 8.78. The molecule has 0 radical (unpaired) electrons. The van der Waals surface area contributed by atoms with Gasteiger partial charge in [0.2, 0.25) is 0 Å². The molecule has 3 heteroatoms. The molecule has 2 rings (SSSR count). The van der Waals surface area contributed by atoms with Gasteiger partial charge in [-0.05, 0) is 37.6 Å². The van der Waals surface area contributed by atoms with Crippen molar-refractivity contribution in [3.8, 4) is 0 Å². The fourth-order valence-electron chi connectivity index (χ4n) is 3.13. The van der Waals surface area contributed by atoms with Crippen molar-refractivity contribution in [1.82, 2.24) is 4.90 Å². The Hall–Kier alpha value is -0.570. The molecule has 0 aromatic heterocycles. The second-order valence-electron chi connectivity index (χ2n) is 4.83. The molecule has 2 unspecified atom stereocenters. The number of carboxylic acids is 1. The highest BCUT2D eigenvalue weighted by atomic mass is 16.4. The van der Waals surface area contributed by atoms with E-state index in [0.717, 1.165) is 32.5 Å². The van der Waals surface area contributed by atoms with Gasteiger partial charge in [0.1, 0.15) is 0 Å². The molecule has 0 aromatic carbocycles. The van der Waals surface area contributed by atoms with Gasteiger partial charge in [0.25, 0.3) is 0 Å². The summed E-state index contributed by atoms with van der Waals surface area (Å²) < 4.78 is 0. The van der Waals surface area contributed by atoms with Crippen LogP contribution >= 0.6 is 0 Å². The van der Waals surface area contributed by atoms with Crippen molar-refractivity contribution in [3.05, 3.63) is 0 Å². The Bertz CT molecular complexity index is 215. The molecule has 2 fully saturated rings. The highest BCUT2D eigenvalue weighted by Crippen LogP contribution is 2.37. The van der Waals surface area contributed by atoms with Crippen LogP contribution in [0.25, 0.3) is 0 Å². The van der Waals surface area contributed by atoms with E-state index >= 15 is 0 Å². The van der Waals surface area contributed by atoms with Crippen molar-refractivity contribution in [3.63, 3.8) is 0 Å². The van der Waals surface area contributed by atoms with Crippen molar-refractivity contribution in [2.24, 2.45) is 17.8 Å². The van der Waals surface area contributed by atoms with Crippen molar-refractivity contribution >= 4 is 5.97 Å². The number of carboxylic acid groups (broad SMARTS) is 1. The topological polar surface area (TPSA) is 40.5 Å². The van der Waals surface area contributed by atoms with Crippen LogP contribution in [0.4, 0.5) is 0 Å². The first-order valence-electron chi connectivity index (χ1n) is 5.64. The largest absolute Gasteiger partial charge is 0.481 e. The van der Waals surface area contributed by atoms with Gasteiger partial charge in [0.05, 0.1) is 5.92 Å². The molecular formula is C11H19NO2. The number of hydrogen-bond acceptors (Lipinski definition) is 2. The third-order valence-corrected chi connectivity index (χ3v) is 3.73. The predicted molar refractivity (Wildman–Crippen MR) is 54.1 cm³/mol. The van der Waals surface area contributed by atoms with E-state index in [1.54, 1.807) is 0 Å². The minimum atomic E-state index is -0.579. The lowest BCUT2D eigenvalue weighted by atomic mass is 9.72. The van der Waals surface area contributed by atoms with Gasteiger partial charge >= 0.3 is 5.97 Å². The molecule has 1 saturated heterocycles. The third kappa shape index (κ3) is 1.92. The van der Waals surface area contributed by atoms with Crippen molar-refractivity contribution < 1.29 is 9.90 Å². The first kappa shape index (κ1) is 9.97. The lowest BCUT2D eigenvalue weighted by molar-refractivity contribution is -0.145. The normalized spacial score (nSPS) is 38.2. The van der Waals surface area contributed by atoms with Crippen molar-refractivity contribution in [2.45, 2.75) is 26.2 Å². The first-order chi connectivity index (χ1) is 6.69. The quantitative estimate of drug-likeness (QED) is 0.728. The zero-order valence-electron chi connectivity index (χ0n) is 8.78. The van der Waals surface area contributed by atoms with Crippen LogP contribution in [0, 0.1) is 17.8 Å². The molecule has 2 atom stereocenters. The van der Waals surface area contributed by atoms with E-state index in [1.165, 1.54) is 6.42 Å². The van der Waals surface area contributed by atoms with Crippen LogP contribution in [0.5, 0.6) is 0 Å². The second kappa shape index (κ2) is 3.89. The maximum absolute atomic E-state index is 10.9. The first-order valence-corrected chi connectivity index (χ1v) is 5.64. The van der Waals surface area contributed by atoms with Crippen LogP contribution in [0.3, 0.4) is 0 Å². The average Bonchev–Trinajstić information content (AvgIpc) is 2.16. The summed E-state index contributed by atoms with van der Waals surface area (Å²) in [5, 5.41) is 9.00. The maximum atomic E-state index is 10.9. The summed E-state index contributed by atoms with van der Waals surface area (Å²) in [6.07, 6.45) is 3.07. The summed E-state index contributed by atoms with van der Waals surface area (Å²) in [4.78, 5) is 13.4. The Morgan fingerprint density at radius 1 is 1.29 bits per heavy atom. The Morgan fingerprint density at radius 3 is 2.29 bits per heavy atom. The number of aliphatic carboxylic acids is 1. The Balaban J connectivity index is 1.98. The number of likely N-dealkylation sites (tertiary alicyclic amines) is 1. The molecule has 1 saturated carbocycles. The molecule has 3 nitrogen and oxygen atoms in total. The van der Waals surface area contributed by atoms with Crippen molar-refractivity contribution in [1.29, 1.82) is 0 Å². The van der Waals surface area contributed by atoms with E-state index in [4.69, 9.17) is 5.11 Å². The fraction of sp³-hybridized carbons (Fsp3) is 0.909. The van der Waals surface area contributed by atoms with Crippen LogP contribution in [-0.2, 0) is 4.79 Å². The van der Waals surface area contributed by atoms with E-state index in [2.05, 4.69) is 11.8 Å². The van der Waals surface area contributed by atoms with E-state index < -0.39 is 5.97 Å². The number of carbonyl (C=O) groups is 1. The molecule has 14 heavy (non-hydrogen) atoms. The predicted octanol–water partition coefficient (Wildman–Crippen LogP) is 1.44. The van der Waals surface area contributed by atoms with E-state index in [9.17, 15) is 4.79 Å². The highest BCUT2D eigenvalue weighted by molar-refractivity contribution is 5.70. The average molecular weight is 197 g/mol. The molecule has 0 aromatic rings. The summed E-state index contributed by atoms with van der Waals surface area (Å²) in [5.74, 6) is 0.648. The molecule has 80 valence electrons. The molecule has 2 aliphatic rings. The fourth-order valence-corrected chi connectivity index (χ4v) is 3.13. The van der Waals surface area contributed by atoms with Gasteiger partial charge in [-0.3, -0.25) is 4.79 Å². The molecular weight excluding hydrogens is 178 g/mol. The van der Waals surface area contributed by atoms with Crippen LogP contribution < -0.4 is 0 Å². The number of nitrogens with zero attached hydrogens (tertiary/aromatic N) is 1. The van der Waals surface area contributed by atoms with Gasteiger partial charge in [-0.1, -0.05) is 6.92 Å². The number of rotatable bonds is 2. The molecule has 1 N–H and O–H groups in total. The monoisotopic (exact) mass is 197 g/mol. The molecule has 1 aliphatic carbocycles.